The van der Waals surface area contributed by atoms with Gasteiger partial charge in [-0.15, -0.1) is 0 Å². The number of aryl methyl sites for hydroxylation is 1. The van der Waals surface area contributed by atoms with Gasteiger partial charge in [0.2, 0.25) is 11.7 Å². The number of benzene rings is 2. The van der Waals surface area contributed by atoms with Gasteiger partial charge in [-0.3, -0.25) is 9.59 Å². The SMILES string of the molecule is COC(=O)C1CCC(OC(F)(C(=O)Cc2ccc3nc(-c4cn(C)c5ccc(Cl)cc45)oc3c2)N2CCCC2)CC1. The molecular weight excluding hydrogens is 549 g/mol. The van der Waals surface area contributed by atoms with Crippen LogP contribution in [0.2, 0.25) is 5.02 Å². The normalized spacial score (nSPS) is 21.4. The number of nitrogens with zero attached hydrogens (tertiary/aromatic N) is 3. The highest BCUT2D eigenvalue weighted by atomic mass is 35.5. The van der Waals surface area contributed by atoms with E-state index in [1.807, 2.05) is 36.0 Å². The third kappa shape index (κ3) is 5.38. The third-order valence-corrected chi connectivity index (χ3v) is 8.62. The van der Waals surface area contributed by atoms with Crippen LogP contribution in [0.25, 0.3) is 33.5 Å². The molecule has 0 N–H and O–H groups in total. The highest BCUT2D eigenvalue weighted by Crippen LogP contribution is 2.36. The molecule has 10 heteroatoms. The molecule has 6 rings (SSSR count). The van der Waals surface area contributed by atoms with E-state index in [-0.39, 0.29) is 18.3 Å². The van der Waals surface area contributed by atoms with Crippen molar-refractivity contribution in [2.24, 2.45) is 13.0 Å². The molecule has 216 valence electrons. The van der Waals surface area contributed by atoms with E-state index in [2.05, 4.69) is 4.98 Å². The lowest BCUT2D eigenvalue weighted by molar-refractivity contribution is -0.252. The van der Waals surface area contributed by atoms with E-state index in [0.29, 0.717) is 66.3 Å². The van der Waals surface area contributed by atoms with Crippen molar-refractivity contribution >= 4 is 45.4 Å². The number of esters is 1. The zero-order chi connectivity index (χ0) is 28.7. The summed E-state index contributed by atoms with van der Waals surface area (Å²) in [6, 6.07) is 11.0. The number of alkyl halides is 1. The standard InChI is InChI=1S/C31H33ClFN3O5/c1-35-18-24(23-17-21(32)8-12-26(23)35)29-34-25-11-5-19(15-27(25)40-29)16-28(37)31(33,36-13-3-4-14-36)41-22-9-6-20(7-10-22)30(38)39-2/h5,8,11-12,15,17-18,20,22H,3-4,6-7,9-10,13-14,16H2,1-2H3. The molecule has 4 aromatic rings. The number of ether oxygens (including phenoxy) is 2. The van der Waals surface area contributed by atoms with Gasteiger partial charge in [0.25, 0.3) is 0 Å². The fourth-order valence-corrected chi connectivity index (χ4v) is 6.32. The number of hydrogen-bond donors (Lipinski definition) is 0. The van der Waals surface area contributed by atoms with E-state index >= 15 is 4.39 Å². The Labute approximate surface area is 242 Å². The second kappa shape index (κ2) is 11.2. The molecule has 1 saturated carbocycles. The summed E-state index contributed by atoms with van der Waals surface area (Å²) in [6.07, 6.45) is 5.06. The molecule has 8 nitrogen and oxygen atoms in total. The van der Waals surface area contributed by atoms with Crippen LogP contribution in [0.1, 0.15) is 44.1 Å². The third-order valence-electron chi connectivity index (χ3n) is 8.39. The topological polar surface area (TPSA) is 86.8 Å². The van der Waals surface area contributed by atoms with E-state index in [9.17, 15) is 9.59 Å². The molecule has 2 aliphatic rings. The first-order chi connectivity index (χ1) is 19.7. The van der Waals surface area contributed by atoms with E-state index in [0.717, 1.165) is 29.3 Å². The summed E-state index contributed by atoms with van der Waals surface area (Å²) in [5, 5.41) is 1.54. The monoisotopic (exact) mass is 581 g/mol. The molecule has 0 amide bonds. The van der Waals surface area contributed by atoms with Crippen LogP contribution >= 0.6 is 11.6 Å². The second-order valence-corrected chi connectivity index (χ2v) is 11.5. The molecule has 1 aliphatic carbocycles. The zero-order valence-corrected chi connectivity index (χ0v) is 24.0. The van der Waals surface area contributed by atoms with Gasteiger partial charge in [0.15, 0.2) is 5.58 Å². The highest BCUT2D eigenvalue weighted by molar-refractivity contribution is 6.31. The number of ketones is 1. The van der Waals surface area contributed by atoms with E-state index < -0.39 is 17.9 Å². The largest absolute Gasteiger partial charge is 0.469 e. The summed E-state index contributed by atoms with van der Waals surface area (Å²) in [7, 11) is 3.32. The maximum Gasteiger partial charge on any atom is 0.330 e. The van der Waals surface area contributed by atoms with Gasteiger partial charge in [0.1, 0.15) is 5.52 Å². The molecule has 41 heavy (non-hydrogen) atoms. The van der Waals surface area contributed by atoms with Gasteiger partial charge in [0, 0.05) is 48.7 Å². The minimum atomic E-state index is -2.52. The molecule has 0 spiro atoms. The number of halogens is 2. The summed E-state index contributed by atoms with van der Waals surface area (Å²) in [4.78, 5) is 31.7. The molecule has 1 aliphatic heterocycles. The fraction of sp³-hybridized carbons (Fsp3) is 0.452. The average molecular weight is 582 g/mol. The van der Waals surface area contributed by atoms with Crippen molar-refractivity contribution in [2.45, 2.75) is 57.0 Å². The van der Waals surface area contributed by atoms with Gasteiger partial charge in [-0.1, -0.05) is 17.7 Å². The Morgan fingerprint density at radius 1 is 1.12 bits per heavy atom. The van der Waals surface area contributed by atoms with Gasteiger partial charge in [-0.2, -0.15) is 4.39 Å². The smallest absolute Gasteiger partial charge is 0.330 e. The summed E-state index contributed by atoms with van der Waals surface area (Å²) in [5.74, 6) is -3.18. The lowest BCUT2D eigenvalue weighted by Gasteiger charge is -2.37. The van der Waals surface area contributed by atoms with Crippen molar-refractivity contribution in [3.8, 4) is 11.5 Å². The van der Waals surface area contributed by atoms with Crippen LogP contribution in [0.4, 0.5) is 4.39 Å². The number of oxazole rings is 1. The molecular formula is C31H33ClFN3O5. The Kier molecular flexibility index (Phi) is 7.61. The Hall–Kier alpha value is -3.27. The lowest BCUT2D eigenvalue weighted by Crippen LogP contribution is -2.54. The van der Waals surface area contributed by atoms with Gasteiger partial charge < -0.3 is 18.5 Å². The van der Waals surface area contributed by atoms with Gasteiger partial charge in [-0.05, 0) is 74.4 Å². The number of carbonyl (C=O) groups is 2. The Morgan fingerprint density at radius 2 is 1.88 bits per heavy atom. The summed E-state index contributed by atoms with van der Waals surface area (Å²) in [5.41, 5.74) is 3.58. The predicted molar refractivity (Wildman–Crippen MR) is 153 cm³/mol. The zero-order valence-electron chi connectivity index (χ0n) is 23.2. The van der Waals surface area contributed by atoms with Crippen molar-refractivity contribution in [1.29, 1.82) is 0 Å². The molecule has 2 fully saturated rings. The fourth-order valence-electron chi connectivity index (χ4n) is 6.15. The number of carbonyl (C=O) groups excluding carboxylic acids is 2. The first kappa shape index (κ1) is 27.9. The Morgan fingerprint density at radius 3 is 2.61 bits per heavy atom. The molecule has 2 aromatic carbocycles. The molecule has 0 bridgehead atoms. The predicted octanol–water partition coefficient (Wildman–Crippen LogP) is 6.22. The summed E-state index contributed by atoms with van der Waals surface area (Å²) >= 11 is 6.25. The van der Waals surface area contributed by atoms with Crippen LogP contribution < -0.4 is 0 Å². The van der Waals surface area contributed by atoms with E-state index in [4.69, 9.17) is 25.5 Å². The van der Waals surface area contributed by atoms with Crippen LogP contribution in [-0.4, -0.2) is 58.5 Å². The van der Waals surface area contributed by atoms with Crippen LogP contribution in [0.5, 0.6) is 0 Å². The van der Waals surface area contributed by atoms with Gasteiger partial charge in [0.05, 0.1) is 24.7 Å². The number of aromatic nitrogens is 2. The number of likely N-dealkylation sites (tertiary alicyclic amines) is 1. The van der Waals surface area contributed by atoms with Crippen LogP contribution in [-0.2, 0) is 32.5 Å². The quantitative estimate of drug-likeness (QED) is 0.180. The van der Waals surface area contributed by atoms with Crippen molar-refractivity contribution < 1.29 is 27.9 Å². The first-order valence-corrected chi connectivity index (χ1v) is 14.5. The molecule has 0 radical (unpaired) electrons. The molecule has 1 atom stereocenters. The highest BCUT2D eigenvalue weighted by Gasteiger charge is 2.48. The number of fused-ring (bicyclic) bond motifs is 2. The van der Waals surface area contributed by atoms with Gasteiger partial charge in [-0.25, -0.2) is 9.88 Å². The number of rotatable bonds is 8. The van der Waals surface area contributed by atoms with Crippen LogP contribution in [0, 0.1) is 5.92 Å². The van der Waals surface area contributed by atoms with Crippen LogP contribution in [0.15, 0.2) is 47.0 Å². The summed E-state index contributed by atoms with van der Waals surface area (Å²) < 4.78 is 35.6. The average Bonchev–Trinajstić information content (AvgIpc) is 3.72. The molecule has 2 aromatic heterocycles. The maximum absolute atomic E-state index is 16.6. The first-order valence-electron chi connectivity index (χ1n) is 14.1. The second-order valence-electron chi connectivity index (χ2n) is 11.1. The minimum Gasteiger partial charge on any atom is -0.469 e. The van der Waals surface area contributed by atoms with E-state index in [1.165, 1.54) is 12.0 Å². The van der Waals surface area contributed by atoms with Gasteiger partial charge >= 0.3 is 11.9 Å². The van der Waals surface area contributed by atoms with E-state index in [1.54, 1.807) is 18.2 Å². The Bertz CT molecular complexity index is 1600. The molecule has 1 unspecified atom stereocenters. The van der Waals surface area contributed by atoms with Crippen molar-refractivity contribution in [3.05, 3.63) is 53.2 Å². The molecule has 3 heterocycles. The van der Waals surface area contributed by atoms with Crippen molar-refractivity contribution in [1.82, 2.24) is 14.5 Å². The summed E-state index contributed by atoms with van der Waals surface area (Å²) in [6.45, 7) is 0.915. The Balaban J connectivity index is 1.22. The van der Waals surface area contributed by atoms with Crippen molar-refractivity contribution in [3.63, 3.8) is 0 Å². The number of Topliss-reactive ketones (excluding diaryl/α,β-unsaturated/α-hetero) is 1. The number of methoxy groups -OCH3 is 1. The minimum absolute atomic E-state index is 0.152. The number of hydrogen-bond acceptors (Lipinski definition) is 7. The lowest BCUT2D eigenvalue weighted by atomic mass is 9.87. The van der Waals surface area contributed by atoms with Crippen LogP contribution in [0.3, 0.4) is 0 Å². The molecule has 1 saturated heterocycles. The van der Waals surface area contributed by atoms with Crippen molar-refractivity contribution in [2.75, 3.05) is 20.2 Å². The maximum atomic E-state index is 16.6.